The van der Waals surface area contributed by atoms with E-state index in [0.717, 1.165) is 98.3 Å². The number of hydrogen-bond donors (Lipinski definition) is 3. The van der Waals surface area contributed by atoms with E-state index in [1.807, 2.05) is 13.1 Å². The van der Waals surface area contributed by atoms with Gasteiger partial charge in [0.05, 0.1) is 17.5 Å². The Morgan fingerprint density at radius 2 is 1.75 bits per heavy atom. The second-order valence-electron chi connectivity index (χ2n) is 13.9. The van der Waals surface area contributed by atoms with Crippen LogP contribution in [0.15, 0.2) is 82.3 Å². The van der Waals surface area contributed by atoms with Crippen LogP contribution in [0.4, 0.5) is 11.4 Å². The Balaban J connectivity index is 0.000000501. The average Bonchev–Trinajstić information content (AvgIpc) is 3.45. The van der Waals surface area contributed by atoms with Gasteiger partial charge in [-0.15, -0.1) is 12.6 Å². The summed E-state index contributed by atoms with van der Waals surface area (Å²) in [6.45, 7) is 14.1. The molecule has 0 spiro atoms. The smallest absolute Gasteiger partial charge is 0.317 e. The normalized spacial score (nSPS) is 16.5. The Morgan fingerprint density at radius 1 is 0.980 bits per heavy atom. The highest BCUT2D eigenvalue weighted by Crippen LogP contribution is 2.48. The van der Waals surface area contributed by atoms with Crippen molar-refractivity contribution in [1.29, 1.82) is 0 Å². The van der Waals surface area contributed by atoms with Gasteiger partial charge in [0.2, 0.25) is 5.69 Å². The Hall–Kier alpha value is -2.76. The maximum Gasteiger partial charge on any atom is 0.317 e. The van der Waals surface area contributed by atoms with Crippen LogP contribution in [0.2, 0.25) is 0 Å². The number of fused-ring (bicyclic) bond motifs is 2. The number of nitrogens with zero attached hydrogens (tertiary/aromatic N) is 2. The zero-order valence-electron chi connectivity index (χ0n) is 31.5. The molecule has 10 heteroatoms. The molecule has 0 fully saturated rings. The number of aldehydes is 1. The Bertz CT molecular complexity index is 1600. The quantitative estimate of drug-likeness (QED) is 0.0347. The summed E-state index contributed by atoms with van der Waals surface area (Å²) in [5.74, 6) is -0.105. The van der Waals surface area contributed by atoms with E-state index in [0.29, 0.717) is 12.8 Å². The van der Waals surface area contributed by atoms with Gasteiger partial charge in [-0.3, -0.25) is 4.79 Å². The molecule has 2 aromatic rings. The number of anilines is 1. The first-order valence-electron chi connectivity index (χ1n) is 18.1. The van der Waals surface area contributed by atoms with Gasteiger partial charge in [-0.25, -0.2) is 0 Å². The van der Waals surface area contributed by atoms with E-state index in [1.165, 1.54) is 33.9 Å². The summed E-state index contributed by atoms with van der Waals surface area (Å²) < 4.78 is 16.8. The van der Waals surface area contributed by atoms with Gasteiger partial charge < -0.3 is 23.7 Å². The summed E-state index contributed by atoms with van der Waals surface area (Å²) in [6.07, 6.45) is 20.9. The predicted octanol–water partition coefficient (Wildman–Crippen LogP) is 10.1. The first kappa shape index (κ1) is 42.7. The number of carbonyl (C=O) groups is 2. The van der Waals surface area contributed by atoms with Gasteiger partial charge in [0, 0.05) is 88.4 Å². The van der Waals surface area contributed by atoms with Crippen LogP contribution in [0.3, 0.4) is 0 Å². The molecule has 4 rings (SSSR count). The van der Waals surface area contributed by atoms with Crippen LogP contribution in [0.25, 0.3) is 0 Å². The number of hydrogen-bond acceptors (Lipinski definition) is 9. The molecule has 278 valence electrons. The SMILES string of the molecule is CCN1/C(=C/C=C/C=C/C2=[N+](CCCCCC=O)c3ccc(SO)cc3C2(C)C)C(C)(C)c2cc(S)ccc21.CNCCCCCC(=O)OSC. The highest BCUT2D eigenvalue weighted by molar-refractivity contribution is 7.94. The van der Waals surface area contributed by atoms with E-state index in [4.69, 9.17) is 4.18 Å². The molecule has 51 heavy (non-hydrogen) atoms. The number of benzene rings is 2. The molecule has 0 saturated carbocycles. The molecule has 7 nitrogen and oxygen atoms in total. The van der Waals surface area contributed by atoms with Crippen molar-refractivity contribution in [3.63, 3.8) is 0 Å². The molecule has 0 saturated heterocycles. The summed E-state index contributed by atoms with van der Waals surface area (Å²) in [5.41, 5.74) is 7.26. The fourth-order valence-corrected chi connectivity index (χ4v) is 7.64. The molecule has 0 amide bonds. The van der Waals surface area contributed by atoms with Crippen molar-refractivity contribution < 1.29 is 22.9 Å². The van der Waals surface area contributed by atoms with Crippen LogP contribution in [-0.2, 0) is 24.6 Å². The van der Waals surface area contributed by atoms with Gasteiger partial charge in [0.15, 0.2) is 5.71 Å². The number of thiol groups is 1. The van der Waals surface area contributed by atoms with Crippen LogP contribution in [0, 0.1) is 0 Å². The highest BCUT2D eigenvalue weighted by atomic mass is 32.2. The minimum absolute atomic E-state index is 0.0922. The minimum Gasteiger partial charge on any atom is -0.392 e. The summed E-state index contributed by atoms with van der Waals surface area (Å²) in [5, 5.41) is 3.06. The van der Waals surface area contributed by atoms with Gasteiger partial charge in [0.25, 0.3) is 0 Å². The Labute approximate surface area is 320 Å². The summed E-state index contributed by atoms with van der Waals surface area (Å²) in [6, 6.07) is 12.6. The first-order chi connectivity index (χ1) is 24.5. The lowest BCUT2D eigenvalue weighted by Crippen LogP contribution is -2.28. The zero-order valence-corrected chi connectivity index (χ0v) is 34.1. The molecule has 2 heterocycles. The maximum absolute atomic E-state index is 10.8. The maximum atomic E-state index is 10.8. The lowest BCUT2D eigenvalue weighted by Gasteiger charge is -2.25. The molecule has 2 N–H and O–H groups in total. The third-order valence-electron chi connectivity index (χ3n) is 9.58. The third kappa shape index (κ3) is 11.4. The first-order valence-corrected chi connectivity index (χ1v) is 20.4. The largest absolute Gasteiger partial charge is 0.392 e. The van der Waals surface area contributed by atoms with Crippen LogP contribution in [0.1, 0.15) is 97.1 Å². The van der Waals surface area contributed by atoms with Gasteiger partial charge in [-0.05, 0) is 102 Å². The summed E-state index contributed by atoms with van der Waals surface area (Å²) in [4.78, 5) is 25.8. The number of allylic oxidation sites excluding steroid dienone is 6. The van der Waals surface area contributed by atoms with Crippen molar-refractivity contribution in [1.82, 2.24) is 5.32 Å². The van der Waals surface area contributed by atoms with Gasteiger partial charge >= 0.3 is 5.97 Å². The molecule has 2 aromatic carbocycles. The number of likely N-dealkylation sites (N-methyl/N-ethyl adjacent to an activating group) is 1. The lowest BCUT2D eigenvalue weighted by molar-refractivity contribution is -0.438. The Morgan fingerprint density at radius 3 is 2.43 bits per heavy atom. The molecule has 0 unspecified atom stereocenters. The third-order valence-corrected chi connectivity index (χ3v) is 10.7. The molecular formula is C41H58N3O4S3+. The number of carbonyl (C=O) groups excluding carboxylic acids is 2. The highest BCUT2D eigenvalue weighted by Gasteiger charge is 2.44. The van der Waals surface area contributed by atoms with Crippen molar-refractivity contribution in [3.8, 4) is 0 Å². The fourth-order valence-electron chi connectivity index (χ4n) is 6.87. The Kier molecular flexibility index (Phi) is 17.6. The van der Waals surface area contributed by atoms with Crippen molar-refractivity contribution >= 4 is 66.1 Å². The van der Waals surface area contributed by atoms with Crippen LogP contribution in [-0.4, -0.2) is 60.0 Å². The molecule has 0 aromatic heterocycles. The average molecular weight is 753 g/mol. The second-order valence-corrected chi connectivity index (χ2v) is 15.5. The van der Waals surface area contributed by atoms with Crippen molar-refractivity contribution in [2.45, 2.75) is 107 Å². The molecular weight excluding hydrogens is 695 g/mol. The summed E-state index contributed by atoms with van der Waals surface area (Å²) >= 11 is 6.49. The lowest BCUT2D eigenvalue weighted by atomic mass is 9.81. The number of rotatable bonds is 18. The van der Waals surface area contributed by atoms with E-state index in [1.54, 1.807) is 6.26 Å². The zero-order chi connectivity index (χ0) is 37.4. The van der Waals surface area contributed by atoms with Crippen molar-refractivity contribution in [2.24, 2.45) is 0 Å². The summed E-state index contributed by atoms with van der Waals surface area (Å²) in [7, 11) is 1.93. The van der Waals surface area contributed by atoms with Crippen molar-refractivity contribution in [3.05, 3.63) is 83.6 Å². The van der Waals surface area contributed by atoms with Crippen LogP contribution < -0.4 is 10.2 Å². The molecule has 0 radical (unpaired) electrons. The number of nitrogens with one attached hydrogen (secondary N) is 1. The van der Waals surface area contributed by atoms with Crippen molar-refractivity contribution in [2.75, 3.05) is 37.8 Å². The van der Waals surface area contributed by atoms with Gasteiger partial charge in [-0.2, -0.15) is 4.58 Å². The molecule has 2 aliphatic heterocycles. The molecule has 2 aliphatic rings. The topological polar surface area (TPSA) is 81.9 Å². The van der Waals surface area contributed by atoms with Gasteiger partial charge in [-0.1, -0.05) is 38.5 Å². The van der Waals surface area contributed by atoms with E-state index < -0.39 is 0 Å². The van der Waals surface area contributed by atoms with E-state index in [-0.39, 0.29) is 16.8 Å². The fraction of sp³-hybridized carbons (Fsp3) is 0.488. The molecule has 0 aliphatic carbocycles. The monoisotopic (exact) mass is 752 g/mol. The van der Waals surface area contributed by atoms with Gasteiger partial charge in [0.1, 0.15) is 12.8 Å². The molecule has 0 atom stereocenters. The van der Waals surface area contributed by atoms with E-state index in [2.05, 4.69) is 123 Å². The van der Waals surface area contributed by atoms with Crippen LogP contribution >= 0.6 is 36.7 Å². The standard InChI is InChI=1S/C33H40N2O2S2.C8H17NO2S/c1-6-34-28-18-16-24(38)22-26(28)32(2,3)30(34)14-10-9-11-15-31-33(4,5)27-23-25(39-37)17-19-29(27)35(31)20-12-7-8-13-21-36;1-9-7-5-3-4-6-8(10)11-12-2/h9-11,14-19,21-23H,6-8,12-13,20H2,1-5H3,(H-,37,38);9H,3-7H2,1-2H3/p+1. The van der Waals surface area contributed by atoms with E-state index in [9.17, 15) is 14.1 Å². The number of unbranched alkanes of at least 4 members (excludes halogenated alkanes) is 5. The predicted molar refractivity (Wildman–Crippen MR) is 220 cm³/mol. The van der Waals surface area contributed by atoms with E-state index >= 15 is 0 Å². The second kappa shape index (κ2) is 21.1. The van der Waals surface area contributed by atoms with Crippen LogP contribution in [0.5, 0.6) is 0 Å². The minimum atomic E-state index is -0.189. The molecule has 0 bridgehead atoms.